The highest BCUT2D eigenvalue weighted by Crippen LogP contribution is 2.26. The quantitative estimate of drug-likeness (QED) is 0.851. The van der Waals surface area contributed by atoms with E-state index in [1.54, 1.807) is 14.0 Å². The molecular formula is C12H23N5O2S. The molecule has 0 spiro atoms. The van der Waals surface area contributed by atoms with E-state index in [1.165, 1.54) is 8.99 Å². The largest absolute Gasteiger partial charge is 0.381 e. The fraction of sp³-hybridized carbons (Fsp3) is 0.750. The van der Waals surface area contributed by atoms with Crippen LogP contribution in [0.15, 0.2) is 4.90 Å². The number of nitrogens with zero attached hydrogens (tertiary/aromatic N) is 4. The van der Waals surface area contributed by atoms with Gasteiger partial charge in [0.2, 0.25) is 10.0 Å². The Labute approximate surface area is 120 Å². The van der Waals surface area contributed by atoms with Crippen molar-refractivity contribution in [3.8, 4) is 0 Å². The van der Waals surface area contributed by atoms with Crippen LogP contribution in [0.3, 0.4) is 0 Å². The number of piperazine rings is 1. The molecular weight excluding hydrogens is 278 g/mol. The number of rotatable bonds is 3. The molecule has 1 atom stereocenters. The number of nitrogen functional groups attached to an aromatic ring is 1. The van der Waals surface area contributed by atoms with Crippen LogP contribution in [0.25, 0.3) is 0 Å². The smallest absolute Gasteiger partial charge is 0.248 e. The van der Waals surface area contributed by atoms with E-state index in [4.69, 9.17) is 5.73 Å². The highest BCUT2D eigenvalue weighted by Gasteiger charge is 2.35. The SMILES string of the molecule is CCN1CCN(S(=O)(=O)c2c(N)nn(C)c2C)CC1C. The van der Waals surface area contributed by atoms with Crippen LogP contribution in [0.2, 0.25) is 0 Å². The predicted octanol–water partition coefficient (Wildman–Crippen LogP) is 0.0254. The average Bonchev–Trinajstić information content (AvgIpc) is 2.63. The van der Waals surface area contributed by atoms with E-state index in [0.29, 0.717) is 18.8 Å². The minimum atomic E-state index is -3.57. The Kier molecular flexibility index (Phi) is 4.08. The summed E-state index contributed by atoms with van der Waals surface area (Å²) in [6, 6.07) is 0.210. The van der Waals surface area contributed by atoms with E-state index in [0.717, 1.165) is 13.1 Å². The number of likely N-dealkylation sites (N-methyl/N-ethyl adjacent to an activating group) is 1. The van der Waals surface area contributed by atoms with Crippen LogP contribution >= 0.6 is 0 Å². The summed E-state index contributed by atoms with van der Waals surface area (Å²) >= 11 is 0. The number of anilines is 1. The molecule has 0 bridgehead atoms. The first-order valence-corrected chi connectivity index (χ1v) is 8.26. The third-order valence-corrected chi connectivity index (χ3v) is 6.07. The van der Waals surface area contributed by atoms with E-state index in [9.17, 15) is 8.42 Å². The number of hydrogen-bond acceptors (Lipinski definition) is 5. The molecule has 0 amide bonds. The molecule has 2 heterocycles. The lowest BCUT2D eigenvalue weighted by Crippen LogP contribution is -2.53. The highest BCUT2D eigenvalue weighted by molar-refractivity contribution is 7.89. The zero-order valence-corrected chi connectivity index (χ0v) is 13.3. The van der Waals surface area contributed by atoms with Gasteiger partial charge in [-0.2, -0.15) is 9.40 Å². The van der Waals surface area contributed by atoms with Gasteiger partial charge in [-0.15, -0.1) is 0 Å². The van der Waals surface area contributed by atoms with Crippen molar-refractivity contribution < 1.29 is 8.42 Å². The minimum Gasteiger partial charge on any atom is -0.381 e. The monoisotopic (exact) mass is 301 g/mol. The summed E-state index contributed by atoms with van der Waals surface area (Å²) in [5, 5.41) is 4.00. The Morgan fingerprint density at radius 1 is 1.40 bits per heavy atom. The lowest BCUT2D eigenvalue weighted by Gasteiger charge is -2.38. The van der Waals surface area contributed by atoms with Crippen molar-refractivity contribution >= 4 is 15.8 Å². The number of sulfonamides is 1. The van der Waals surface area contributed by atoms with Crippen LogP contribution in [0.1, 0.15) is 19.5 Å². The van der Waals surface area contributed by atoms with Gasteiger partial charge in [-0.1, -0.05) is 6.92 Å². The van der Waals surface area contributed by atoms with E-state index >= 15 is 0 Å². The van der Waals surface area contributed by atoms with Gasteiger partial charge in [0, 0.05) is 32.7 Å². The normalized spacial score (nSPS) is 22.3. The number of hydrogen-bond donors (Lipinski definition) is 1. The topological polar surface area (TPSA) is 84.5 Å². The van der Waals surface area contributed by atoms with Crippen molar-refractivity contribution in [1.29, 1.82) is 0 Å². The third kappa shape index (κ3) is 2.43. The van der Waals surface area contributed by atoms with Crippen LogP contribution in [-0.4, -0.2) is 59.6 Å². The number of aryl methyl sites for hydroxylation is 1. The molecule has 20 heavy (non-hydrogen) atoms. The molecule has 8 heteroatoms. The second-order valence-electron chi connectivity index (χ2n) is 5.26. The second kappa shape index (κ2) is 5.34. The van der Waals surface area contributed by atoms with Crippen molar-refractivity contribution in [3.63, 3.8) is 0 Å². The number of aromatic nitrogens is 2. The van der Waals surface area contributed by atoms with Gasteiger partial charge >= 0.3 is 0 Å². The molecule has 1 unspecified atom stereocenters. The molecule has 2 N–H and O–H groups in total. The Morgan fingerprint density at radius 3 is 2.50 bits per heavy atom. The molecule has 0 saturated carbocycles. The molecule has 1 fully saturated rings. The Hall–Kier alpha value is -1.12. The second-order valence-corrected chi connectivity index (χ2v) is 7.14. The van der Waals surface area contributed by atoms with Crippen molar-refractivity contribution in [1.82, 2.24) is 19.0 Å². The molecule has 1 saturated heterocycles. The molecule has 1 aromatic heterocycles. The molecule has 1 aliphatic rings. The van der Waals surface area contributed by atoms with Crippen LogP contribution in [0, 0.1) is 6.92 Å². The zero-order valence-electron chi connectivity index (χ0n) is 12.5. The van der Waals surface area contributed by atoms with Crippen molar-refractivity contribution in [3.05, 3.63) is 5.69 Å². The van der Waals surface area contributed by atoms with E-state index in [-0.39, 0.29) is 16.8 Å². The molecule has 0 aliphatic carbocycles. The summed E-state index contributed by atoms with van der Waals surface area (Å²) in [6.45, 7) is 8.52. The first-order valence-electron chi connectivity index (χ1n) is 6.82. The predicted molar refractivity (Wildman–Crippen MR) is 77.8 cm³/mol. The Morgan fingerprint density at radius 2 is 2.05 bits per heavy atom. The molecule has 0 radical (unpaired) electrons. The lowest BCUT2D eigenvalue weighted by molar-refractivity contribution is 0.135. The van der Waals surface area contributed by atoms with Gasteiger partial charge in [0.05, 0.1) is 5.69 Å². The summed E-state index contributed by atoms with van der Waals surface area (Å²) < 4.78 is 28.5. The Bertz CT molecular complexity index is 595. The van der Waals surface area contributed by atoms with Gasteiger partial charge in [0.1, 0.15) is 4.90 Å². The van der Waals surface area contributed by atoms with Crippen LogP contribution in [-0.2, 0) is 17.1 Å². The van der Waals surface area contributed by atoms with Gasteiger partial charge in [0.15, 0.2) is 5.82 Å². The van der Waals surface area contributed by atoms with Crippen LogP contribution in [0.5, 0.6) is 0 Å². The van der Waals surface area contributed by atoms with Crippen molar-refractivity contribution in [2.45, 2.75) is 31.7 Å². The van der Waals surface area contributed by atoms with Gasteiger partial charge in [0.25, 0.3) is 0 Å². The van der Waals surface area contributed by atoms with Gasteiger partial charge in [-0.3, -0.25) is 9.58 Å². The van der Waals surface area contributed by atoms with Crippen molar-refractivity contribution in [2.75, 3.05) is 31.9 Å². The number of nitrogens with two attached hydrogens (primary N) is 1. The maximum Gasteiger partial charge on any atom is 0.248 e. The summed E-state index contributed by atoms with van der Waals surface area (Å²) in [6.07, 6.45) is 0. The van der Waals surface area contributed by atoms with E-state index in [2.05, 4.69) is 16.9 Å². The summed E-state index contributed by atoms with van der Waals surface area (Å²) in [5.74, 6) is 0.0792. The fourth-order valence-corrected chi connectivity index (χ4v) is 4.51. The molecule has 1 aliphatic heterocycles. The molecule has 0 aromatic carbocycles. The first kappa shape index (κ1) is 15.3. The van der Waals surface area contributed by atoms with Crippen molar-refractivity contribution in [2.24, 2.45) is 7.05 Å². The maximum absolute atomic E-state index is 12.8. The van der Waals surface area contributed by atoms with Gasteiger partial charge < -0.3 is 5.73 Å². The third-order valence-electron chi connectivity index (χ3n) is 4.04. The zero-order chi connectivity index (χ0) is 15.1. The average molecular weight is 301 g/mol. The first-order chi connectivity index (χ1) is 9.28. The summed E-state index contributed by atoms with van der Waals surface area (Å²) in [5.41, 5.74) is 6.35. The molecule has 2 rings (SSSR count). The maximum atomic E-state index is 12.8. The van der Waals surface area contributed by atoms with E-state index in [1.807, 2.05) is 6.92 Å². The minimum absolute atomic E-state index is 0.0792. The van der Waals surface area contributed by atoms with Crippen LogP contribution < -0.4 is 5.73 Å². The lowest BCUT2D eigenvalue weighted by atomic mass is 10.2. The van der Waals surface area contributed by atoms with Crippen LogP contribution in [0.4, 0.5) is 5.82 Å². The molecule has 1 aromatic rings. The van der Waals surface area contributed by atoms with E-state index < -0.39 is 10.0 Å². The van der Waals surface area contributed by atoms with Gasteiger partial charge in [-0.05, 0) is 20.4 Å². The summed E-state index contributed by atoms with van der Waals surface area (Å²) in [4.78, 5) is 2.42. The fourth-order valence-electron chi connectivity index (χ4n) is 2.71. The highest BCUT2D eigenvalue weighted by atomic mass is 32.2. The molecule has 114 valence electrons. The van der Waals surface area contributed by atoms with Gasteiger partial charge in [-0.25, -0.2) is 8.42 Å². The molecule has 7 nitrogen and oxygen atoms in total. The Balaban J connectivity index is 2.32. The standard InChI is InChI=1S/C12H23N5O2S/c1-5-16-6-7-17(8-9(16)2)20(18,19)11-10(3)15(4)14-12(11)13/h9H,5-8H2,1-4H3,(H2,13,14). The summed E-state index contributed by atoms with van der Waals surface area (Å²) in [7, 11) is -1.87.